The molecule has 2 saturated carbocycles. The van der Waals surface area contributed by atoms with Gasteiger partial charge < -0.3 is 0 Å². The summed E-state index contributed by atoms with van der Waals surface area (Å²) in [7, 11) is 0. The van der Waals surface area contributed by atoms with Crippen LogP contribution in [0.3, 0.4) is 0 Å². The third kappa shape index (κ3) is 2.13. The molecule has 0 saturated heterocycles. The number of fused-ring (bicyclic) bond motifs is 1. The van der Waals surface area contributed by atoms with Crippen LogP contribution in [-0.4, -0.2) is 5.78 Å². The fourth-order valence-corrected chi connectivity index (χ4v) is 3.94. The van der Waals surface area contributed by atoms with Gasteiger partial charge in [0.25, 0.3) is 0 Å². The second kappa shape index (κ2) is 5.18. The molecule has 2 nitrogen and oxygen atoms in total. The van der Waals surface area contributed by atoms with Gasteiger partial charge in [-0.1, -0.05) is 30.5 Å². The quantitative estimate of drug-likeness (QED) is 0.841. The van der Waals surface area contributed by atoms with Crippen molar-refractivity contribution in [1.82, 2.24) is 0 Å². The summed E-state index contributed by atoms with van der Waals surface area (Å²) in [5.74, 6) is -1.01. The number of benzene rings is 1. The number of hydrogen-bond donors (Lipinski definition) is 0. The van der Waals surface area contributed by atoms with Crippen LogP contribution >= 0.6 is 11.6 Å². The van der Waals surface area contributed by atoms with Crippen molar-refractivity contribution >= 4 is 17.4 Å². The minimum atomic E-state index is -1.07. The lowest BCUT2D eigenvalue weighted by atomic mass is 9.91. The zero-order chi connectivity index (χ0) is 14.3. The molecular weight excluding hydrogens is 277 g/mol. The average molecular weight is 292 g/mol. The van der Waals surface area contributed by atoms with Gasteiger partial charge in [-0.25, -0.2) is 4.39 Å². The molecule has 0 aliphatic heterocycles. The summed E-state index contributed by atoms with van der Waals surface area (Å²) in [6.45, 7) is 0. The van der Waals surface area contributed by atoms with E-state index in [9.17, 15) is 14.4 Å². The molecule has 4 heteroatoms. The highest BCUT2D eigenvalue weighted by Crippen LogP contribution is 2.57. The molecule has 0 spiro atoms. The number of hydrogen-bond acceptors (Lipinski definition) is 2. The fraction of sp³-hybridized carbons (Fsp3) is 0.500. The number of carbonyl (C=O) groups is 1. The Balaban J connectivity index is 1.88. The molecule has 0 radical (unpaired) electrons. The van der Waals surface area contributed by atoms with Crippen molar-refractivity contribution in [2.45, 2.75) is 31.6 Å². The minimum absolute atomic E-state index is 0.0466. The van der Waals surface area contributed by atoms with Crippen LogP contribution < -0.4 is 0 Å². The van der Waals surface area contributed by atoms with Gasteiger partial charge in [-0.05, 0) is 36.8 Å². The molecule has 0 heterocycles. The lowest BCUT2D eigenvalue weighted by Gasteiger charge is -2.11. The number of Topliss-reactive ketones (excluding diaryl/α,β-unsaturated/α-hetero) is 1. The van der Waals surface area contributed by atoms with Gasteiger partial charge in [0.1, 0.15) is 11.7 Å². The maximum Gasteiger partial charge on any atom is 0.158 e. The monoisotopic (exact) mass is 291 g/mol. The number of halogens is 2. The van der Waals surface area contributed by atoms with E-state index in [2.05, 4.69) is 0 Å². The molecular formula is C16H15ClFNO. The Bertz CT molecular complexity index is 562. The maximum absolute atomic E-state index is 13.9. The van der Waals surface area contributed by atoms with E-state index in [1.807, 2.05) is 6.07 Å². The molecule has 2 fully saturated rings. The van der Waals surface area contributed by atoms with Crippen LogP contribution in [0.2, 0.25) is 5.02 Å². The molecule has 3 rings (SSSR count). The van der Waals surface area contributed by atoms with E-state index < -0.39 is 11.7 Å². The fourth-order valence-electron chi connectivity index (χ4n) is 3.66. The van der Waals surface area contributed by atoms with E-state index in [0.29, 0.717) is 11.8 Å². The van der Waals surface area contributed by atoms with Crippen molar-refractivity contribution in [3.63, 3.8) is 0 Å². The SMILES string of the molecule is N#CC(C(=O)C1C2CCCCC21)c1c(F)cccc1Cl. The zero-order valence-corrected chi connectivity index (χ0v) is 11.7. The smallest absolute Gasteiger partial charge is 0.158 e. The third-order valence-corrected chi connectivity index (χ3v) is 5.02. The number of carbonyl (C=O) groups excluding carboxylic acids is 1. The van der Waals surface area contributed by atoms with Gasteiger partial charge in [-0.15, -0.1) is 0 Å². The number of nitriles is 1. The second-order valence-electron chi connectivity index (χ2n) is 5.74. The Morgan fingerprint density at radius 2 is 2.00 bits per heavy atom. The summed E-state index contributed by atoms with van der Waals surface area (Å²) in [5.41, 5.74) is 0.0466. The van der Waals surface area contributed by atoms with E-state index >= 15 is 0 Å². The summed E-state index contributed by atoms with van der Waals surface area (Å²) in [6, 6.07) is 6.21. The predicted molar refractivity (Wildman–Crippen MR) is 73.7 cm³/mol. The van der Waals surface area contributed by atoms with Crippen molar-refractivity contribution in [3.8, 4) is 6.07 Å². The first kappa shape index (κ1) is 13.6. The van der Waals surface area contributed by atoms with E-state index in [1.54, 1.807) is 0 Å². The van der Waals surface area contributed by atoms with Gasteiger partial charge in [-0.3, -0.25) is 4.79 Å². The molecule has 1 aromatic carbocycles. The van der Waals surface area contributed by atoms with Gasteiger partial charge in [-0.2, -0.15) is 5.26 Å². The maximum atomic E-state index is 13.9. The van der Waals surface area contributed by atoms with Crippen LogP contribution in [0.1, 0.15) is 37.2 Å². The Morgan fingerprint density at radius 1 is 1.35 bits per heavy atom. The molecule has 2 aliphatic rings. The summed E-state index contributed by atoms with van der Waals surface area (Å²) in [6.07, 6.45) is 4.43. The van der Waals surface area contributed by atoms with E-state index in [0.717, 1.165) is 25.7 Å². The molecule has 0 amide bonds. The van der Waals surface area contributed by atoms with E-state index in [4.69, 9.17) is 11.6 Å². The van der Waals surface area contributed by atoms with Gasteiger partial charge >= 0.3 is 0 Å². The molecule has 3 atom stereocenters. The average Bonchev–Trinajstić information content (AvgIpc) is 3.16. The van der Waals surface area contributed by atoms with Crippen LogP contribution in [0, 0.1) is 34.9 Å². The first-order valence-corrected chi connectivity index (χ1v) is 7.40. The molecule has 20 heavy (non-hydrogen) atoms. The summed E-state index contributed by atoms with van der Waals surface area (Å²) in [5, 5.41) is 9.47. The van der Waals surface area contributed by atoms with Crippen molar-refractivity contribution in [1.29, 1.82) is 5.26 Å². The van der Waals surface area contributed by atoms with E-state index in [1.165, 1.54) is 18.2 Å². The van der Waals surface area contributed by atoms with Crippen LogP contribution in [-0.2, 0) is 4.79 Å². The van der Waals surface area contributed by atoms with Gasteiger partial charge in [0, 0.05) is 16.5 Å². The van der Waals surface area contributed by atoms with Crippen molar-refractivity contribution in [2.75, 3.05) is 0 Å². The van der Waals surface area contributed by atoms with Crippen LogP contribution in [0.4, 0.5) is 4.39 Å². The third-order valence-electron chi connectivity index (χ3n) is 4.69. The highest BCUT2D eigenvalue weighted by Gasteiger charge is 2.56. The summed E-state index contributed by atoms with van der Waals surface area (Å²) < 4.78 is 13.9. The molecule has 3 unspecified atom stereocenters. The van der Waals surface area contributed by atoms with Gasteiger partial charge in [0.15, 0.2) is 5.78 Å². The first-order chi connectivity index (χ1) is 9.65. The Hall–Kier alpha value is -1.40. The van der Waals surface area contributed by atoms with Crippen molar-refractivity contribution in [2.24, 2.45) is 17.8 Å². The summed E-state index contributed by atoms with van der Waals surface area (Å²) >= 11 is 5.98. The van der Waals surface area contributed by atoms with Crippen molar-refractivity contribution in [3.05, 3.63) is 34.6 Å². The van der Waals surface area contributed by atoms with Crippen LogP contribution in [0.15, 0.2) is 18.2 Å². The number of rotatable bonds is 3. The van der Waals surface area contributed by atoms with Gasteiger partial charge in [0.2, 0.25) is 0 Å². The Morgan fingerprint density at radius 3 is 2.55 bits per heavy atom. The molecule has 1 aromatic rings. The normalized spacial score (nSPS) is 29.1. The highest BCUT2D eigenvalue weighted by atomic mass is 35.5. The minimum Gasteiger partial charge on any atom is -0.298 e. The van der Waals surface area contributed by atoms with Gasteiger partial charge in [0.05, 0.1) is 6.07 Å². The van der Waals surface area contributed by atoms with Crippen LogP contribution in [0.5, 0.6) is 0 Å². The topological polar surface area (TPSA) is 40.9 Å². The lowest BCUT2D eigenvalue weighted by Crippen LogP contribution is -2.16. The largest absolute Gasteiger partial charge is 0.298 e. The predicted octanol–water partition coefficient (Wildman–Crippen LogP) is 4.09. The first-order valence-electron chi connectivity index (χ1n) is 7.02. The Kier molecular flexibility index (Phi) is 3.52. The van der Waals surface area contributed by atoms with E-state index in [-0.39, 0.29) is 22.3 Å². The second-order valence-corrected chi connectivity index (χ2v) is 6.14. The number of nitrogens with zero attached hydrogens (tertiary/aromatic N) is 1. The molecule has 0 N–H and O–H groups in total. The molecule has 2 aliphatic carbocycles. The molecule has 104 valence electrons. The highest BCUT2D eigenvalue weighted by molar-refractivity contribution is 6.31. The van der Waals surface area contributed by atoms with Crippen molar-refractivity contribution < 1.29 is 9.18 Å². The van der Waals surface area contributed by atoms with Crippen LogP contribution in [0.25, 0.3) is 0 Å². The molecule has 0 aromatic heterocycles. The number of ketones is 1. The lowest BCUT2D eigenvalue weighted by molar-refractivity contribution is -0.121. The summed E-state index contributed by atoms with van der Waals surface area (Å²) in [4.78, 5) is 12.6. The molecule has 0 bridgehead atoms. The standard InChI is InChI=1S/C16H15ClFNO/c17-12-6-3-7-13(18)15(12)11(8-19)16(20)14-9-4-1-2-5-10(9)14/h3,6-7,9-11,14H,1-2,4-5H2. The zero-order valence-electron chi connectivity index (χ0n) is 11.0. The Labute approximate surface area is 122 Å².